The maximum Gasteiger partial charge on any atom is 0.248 e. The van der Waals surface area contributed by atoms with E-state index in [0.29, 0.717) is 34.0 Å². The molecule has 66 heavy (non-hydrogen) atoms. The molecular weight excluding hydrogens is 857 g/mol. The lowest BCUT2D eigenvalue weighted by atomic mass is 10.0. The van der Waals surface area contributed by atoms with Crippen molar-refractivity contribution in [2.75, 3.05) is 13.2 Å². The molecule has 0 spiro atoms. The summed E-state index contributed by atoms with van der Waals surface area (Å²) in [5.74, 6) is -7.26. The fraction of sp³-hybridized carbons (Fsp3) is 0.378. The van der Waals surface area contributed by atoms with Crippen molar-refractivity contribution in [1.82, 2.24) is 36.5 Å². The van der Waals surface area contributed by atoms with Crippen LogP contribution in [-0.4, -0.2) is 134 Å². The average Bonchev–Trinajstić information content (AvgIpc) is 3.95. The maximum atomic E-state index is 14.3. The van der Waals surface area contributed by atoms with Gasteiger partial charge >= 0.3 is 0 Å². The van der Waals surface area contributed by atoms with Gasteiger partial charge in [0.2, 0.25) is 47.3 Å². The lowest BCUT2D eigenvalue weighted by Crippen LogP contribution is -2.62. The molecule has 5 rings (SSSR count). The molecule has 0 aliphatic carbocycles. The van der Waals surface area contributed by atoms with E-state index < -0.39 is 109 Å². The summed E-state index contributed by atoms with van der Waals surface area (Å²) in [5, 5.41) is 43.6. The number of hydrogen-bond donors (Lipinski definition) is 12. The summed E-state index contributed by atoms with van der Waals surface area (Å²) in [5.41, 5.74) is 19.6. The van der Waals surface area contributed by atoms with Crippen molar-refractivity contribution in [1.29, 1.82) is 0 Å². The van der Waals surface area contributed by atoms with Crippen LogP contribution in [0, 0.1) is 0 Å². The van der Waals surface area contributed by atoms with E-state index in [1.807, 2.05) is 0 Å². The second kappa shape index (κ2) is 23.0. The van der Waals surface area contributed by atoms with Crippen molar-refractivity contribution in [3.05, 3.63) is 102 Å². The summed E-state index contributed by atoms with van der Waals surface area (Å²) in [4.78, 5) is 111. The zero-order valence-electron chi connectivity index (χ0n) is 36.1. The average molecular weight is 913 g/mol. The Hall–Kier alpha value is -7.36. The van der Waals surface area contributed by atoms with Crippen LogP contribution in [0.4, 0.5) is 0 Å². The number of hydrogen-bond acceptors (Lipinski definition) is 12. The molecular formula is C45H56N10O11. The summed E-state index contributed by atoms with van der Waals surface area (Å²) in [6, 6.07) is 11.8. The molecule has 3 aromatic carbocycles. The van der Waals surface area contributed by atoms with Gasteiger partial charge in [0.25, 0.3) is 0 Å². The van der Waals surface area contributed by atoms with E-state index in [1.165, 1.54) is 24.0 Å². The topological polar surface area (TPSA) is 354 Å². The van der Waals surface area contributed by atoms with E-state index in [0.717, 1.165) is 0 Å². The number of amides is 8. The quantitative estimate of drug-likeness (QED) is 0.0386. The van der Waals surface area contributed by atoms with Crippen molar-refractivity contribution >= 4 is 58.2 Å². The molecule has 0 radical (unpaired) electrons. The number of aromatic hydroxyl groups is 1. The third-order valence-corrected chi connectivity index (χ3v) is 11.1. The van der Waals surface area contributed by atoms with Crippen LogP contribution in [0.15, 0.2) is 85.1 Å². The summed E-state index contributed by atoms with van der Waals surface area (Å²) < 4.78 is 0. The van der Waals surface area contributed by atoms with Crippen LogP contribution in [0.25, 0.3) is 10.9 Å². The predicted octanol–water partition coefficient (Wildman–Crippen LogP) is -2.62. The number of benzene rings is 3. The number of phenolic OH excluding ortho intramolecular Hbond substituents is 1. The summed E-state index contributed by atoms with van der Waals surface area (Å²) in [6.45, 7) is 0.429. The number of aliphatic hydroxyl groups excluding tert-OH is 2. The van der Waals surface area contributed by atoms with Gasteiger partial charge in [0.05, 0.1) is 25.2 Å². The minimum absolute atomic E-state index is 0.0157. The van der Waals surface area contributed by atoms with Crippen LogP contribution in [0.5, 0.6) is 5.75 Å². The minimum Gasteiger partial charge on any atom is -0.508 e. The summed E-state index contributed by atoms with van der Waals surface area (Å²) in [7, 11) is 0. The molecule has 1 aliphatic heterocycles. The first-order valence-electron chi connectivity index (χ1n) is 21.3. The molecule has 0 bridgehead atoms. The Morgan fingerprint density at radius 1 is 0.727 bits per heavy atom. The van der Waals surface area contributed by atoms with Gasteiger partial charge in [-0.3, -0.25) is 38.4 Å². The molecule has 0 saturated carbocycles. The van der Waals surface area contributed by atoms with Crippen LogP contribution < -0.4 is 43.8 Å². The minimum atomic E-state index is -1.78. The number of carbonyl (C=O) groups is 8. The number of aromatic nitrogens is 1. The number of para-hydroxylation sites is 1. The number of fused-ring (bicyclic) bond motifs is 1. The monoisotopic (exact) mass is 912 g/mol. The second-order valence-electron chi connectivity index (χ2n) is 16.1. The highest BCUT2D eigenvalue weighted by atomic mass is 16.3. The number of aromatic amines is 1. The van der Waals surface area contributed by atoms with E-state index in [9.17, 15) is 53.7 Å². The highest BCUT2D eigenvalue weighted by Crippen LogP contribution is 2.22. The SMILES string of the molecule is C[C@@H](O)[C@H](NC(=O)[C@H](Cc1c[nH]c2ccccc12)NC(=O)[C@@H]1CCCN1C(=O)[C@H](CO)NC(=O)[C@@H](N)Cc1ccc(O)cc1)C(=O)N[C@@H](CC(N)=O)C(=O)N[C@@H](Cc1ccccc1)C(N)=O. The summed E-state index contributed by atoms with van der Waals surface area (Å²) >= 11 is 0. The lowest BCUT2D eigenvalue weighted by Gasteiger charge is -2.30. The molecule has 0 unspecified atom stereocenters. The standard InChI is InChI=1S/C45H56N10O11/c1-24(57)38(44(65)52-34(21-37(47)59)41(62)50-32(39(48)60)19-25-8-3-2-4-9-25)54-42(63)33(20-27-22-49-31-11-6-5-10-29(27)31)51-43(64)36-12-7-17-55(36)45(66)35(23-56)53-40(61)30(46)18-26-13-15-28(58)16-14-26/h2-6,8-11,13-16,22,24,30,32-36,38,49,56-58H,7,12,17-21,23,46H2,1H3,(H2,47,59)(H2,48,60)(H,50,62)(H,51,64)(H,52,65)(H,53,61)(H,54,63)/t24-,30+,32+,33+,34+,35+,36+,38+/m1/s1. The zero-order chi connectivity index (χ0) is 48.1. The second-order valence-corrected chi connectivity index (χ2v) is 16.1. The van der Waals surface area contributed by atoms with Gasteiger partial charge in [0, 0.05) is 36.5 Å². The Kier molecular flexibility index (Phi) is 17.3. The van der Waals surface area contributed by atoms with Crippen molar-refractivity contribution in [3.8, 4) is 5.75 Å². The van der Waals surface area contributed by atoms with Crippen LogP contribution in [0.2, 0.25) is 0 Å². The van der Waals surface area contributed by atoms with Gasteiger partial charge in [-0.1, -0.05) is 60.7 Å². The van der Waals surface area contributed by atoms with Gasteiger partial charge in [-0.2, -0.15) is 0 Å². The predicted molar refractivity (Wildman–Crippen MR) is 238 cm³/mol. The lowest BCUT2D eigenvalue weighted by molar-refractivity contribution is -0.143. The normalized spacial score (nSPS) is 16.7. The first-order chi connectivity index (χ1) is 31.4. The number of primary amides is 2. The Balaban J connectivity index is 1.32. The molecule has 4 aromatic rings. The zero-order valence-corrected chi connectivity index (χ0v) is 36.1. The smallest absolute Gasteiger partial charge is 0.248 e. The van der Waals surface area contributed by atoms with Gasteiger partial charge in [0.15, 0.2) is 0 Å². The number of phenols is 1. The van der Waals surface area contributed by atoms with Gasteiger partial charge in [-0.25, -0.2) is 0 Å². The number of likely N-dealkylation sites (tertiary alicyclic amines) is 1. The highest BCUT2D eigenvalue weighted by molar-refractivity contribution is 5.99. The molecule has 21 heteroatoms. The Morgan fingerprint density at radius 2 is 1.35 bits per heavy atom. The highest BCUT2D eigenvalue weighted by Gasteiger charge is 2.40. The number of nitrogens with two attached hydrogens (primary N) is 3. The van der Waals surface area contributed by atoms with Crippen molar-refractivity contribution < 1.29 is 53.7 Å². The first kappa shape index (κ1) is 49.7. The van der Waals surface area contributed by atoms with Crippen LogP contribution >= 0.6 is 0 Å². The molecule has 1 aliphatic rings. The fourth-order valence-electron chi connectivity index (χ4n) is 7.62. The Morgan fingerprint density at radius 3 is 2.00 bits per heavy atom. The van der Waals surface area contributed by atoms with Gasteiger partial charge in [-0.05, 0) is 61.1 Å². The molecule has 1 saturated heterocycles. The summed E-state index contributed by atoms with van der Waals surface area (Å²) in [6.07, 6.45) is -0.340. The maximum absolute atomic E-state index is 14.3. The van der Waals surface area contributed by atoms with Gasteiger partial charge in [-0.15, -0.1) is 0 Å². The Labute approximate surface area is 379 Å². The van der Waals surface area contributed by atoms with Crippen molar-refractivity contribution in [2.24, 2.45) is 17.2 Å². The molecule has 8 amide bonds. The van der Waals surface area contributed by atoms with E-state index in [2.05, 4.69) is 31.6 Å². The van der Waals surface area contributed by atoms with Crippen molar-refractivity contribution in [2.45, 2.75) is 93.8 Å². The Bertz CT molecular complexity index is 2380. The first-order valence-corrected chi connectivity index (χ1v) is 21.3. The third-order valence-electron chi connectivity index (χ3n) is 11.1. The van der Waals surface area contributed by atoms with E-state index in [1.54, 1.807) is 72.9 Å². The number of nitrogens with zero attached hydrogens (tertiary/aromatic N) is 1. The number of nitrogens with one attached hydrogen (secondary N) is 6. The van der Waals surface area contributed by atoms with Gasteiger partial charge < -0.3 is 69.0 Å². The van der Waals surface area contributed by atoms with E-state index in [4.69, 9.17) is 17.2 Å². The molecule has 21 nitrogen and oxygen atoms in total. The molecule has 15 N–H and O–H groups in total. The largest absolute Gasteiger partial charge is 0.508 e. The molecule has 2 heterocycles. The molecule has 1 aromatic heterocycles. The van der Waals surface area contributed by atoms with Crippen LogP contribution in [-0.2, 0) is 57.6 Å². The third kappa shape index (κ3) is 13.3. The van der Waals surface area contributed by atoms with E-state index >= 15 is 0 Å². The number of rotatable bonds is 22. The van der Waals surface area contributed by atoms with Crippen molar-refractivity contribution in [3.63, 3.8) is 0 Å². The number of aliphatic hydroxyl groups is 2. The van der Waals surface area contributed by atoms with Crippen LogP contribution in [0.1, 0.15) is 42.9 Å². The number of H-pyrrole nitrogens is 1. The van der Waals surface area contributed by atoms with Crippen LogP contribution in [0.3, 0.4) is 0 Å². The molecule has 1 fully saturated rings. The van der Waals surface area contributed by atoms with E-state index in [-0.39, 0.29) is 38.0 Å². The molecule has 352 valence electrons. The van der Waals surface area contributed by atoms with Gasteiger partial charge in [0.1, 0.15) is 42.0 Å². The fourth-order valence-corrected chi connectivity index (χ4v) is 7.62. The number of carbonyl (C=O) groups excluding carboxylic acids is 8. The molecule has 8 atom stereocenters.